The molecule has 9 heteroatoms. The summed E-state index contributed by atoms with van der Waals surface area (Å²) in [5.74, 6) is 0.388. The number of carbonyl (C=O) groups excluding carboxylic acids is 1. The van der Waals surface area contributed by atoms with E-state index in [-0.39, 0.29) is 40.7 Å². The van der Waals surface area contributed by atoms with Crippen molar-refractivity contribution in [2.45, 2.75) is 0 Å². The Labute approximate surface area is 150 Å². The molecule has 0 saturated heterocycles. The van der Waals surface area contributed by atoms with Crippen LogP contribution in [0.2, 0.25) is 10.0 Å². The Hall–Kier alpha value is -1.09. The normalized spacial score (nSPS) is 10.7. The Bertz CT molecular complexity index is 511. The number of halogens is 2. The predicted molar refractivity (Wildman–Crippen MR) is 88.5 cm³/mol. The zero-order valence-electron chi connectivity index (χ0n) is 13.5. The summed E-state index contributed by atoms with van der Waals surface area (Å²) in [4.78, 5) is 11.1. The van der Waals surface area contributed by atoms with Gasteiger partial charge in [-0.1, -0.05) is 23.2 Å². The molecule has 7 nitrogen and oxygen atoms in total. The summed E-state index contributed by atoms with van der Waals surface area (Å²) in [6.45, 7) is 1.42. The van der Waals surface area contributed by atoms with Crippen LogP contribution < -0.4 is 9.47 Å². The van der Waals surface area contributed by atoms with Crippen molar-refractivity contribution in [3.63, 3.8) is 0 Å². The van der Waals surface area contributed by atoms with E-state index in [4.69, 9.17) is 51.6 Å². The monoisotopic (exact) mass is 382 g/mol. The van der Waals surface area contributed by atoms with E-state index >= 15 is 0 Å². The van der Waals surface area contributed by atoms with Gasteiger partial charge in [-0.2, -0.15) is 0 Å². The molecule has 0 aliphatic carbocycles. The third kappa shape index (κ3) is 6.80. The molecule has 0 unspecified atom stereocenters. The standard InChI is InChI=1S/C15H20Cl2O7/c1-19-3-5-21-9-23-12-7-11(8-18)13(16)14(17)15(12)24-10-22-6-4-20-2/h7-8H,3-6,9-10H2,1-2H3. The molecule has 0 radical (unpaired) electrons. The van der Waals surface area contributed by atoms with Gasteiger partial charge in [-0.05, 0) is 6.07 Å². The zero-order chi connectivity index (χ0) is 17.8. The number of hydrogen-bond acceptors (Lipinski definition) is 7. The Morgan fingerprint density at radius 1 is 0.917 bits per heavy atom. The highest BCUT2D eigenvalue weighted by Gasteiger charge is 2.18. The van der Waals surface area contributed by atoms with E-state index < -0.39 is 0 Å². The summed E-state index contributed by atoms with van der Waals surface area (Å²) >= 11 is 12.2. The lowest BCUT2D eigenvalue weighted by Crippen LogP contribution is -2.11. The van der Waals surface area contributed by atoms with Gasteiger partial charge in [0.05, 0.1) is 31.5 Å². The molecule has 0 aliphatic heterocycles. The first-order valence-electron chi connectivity index (χ1n) is 7.01. The van der Waals surface area contributed by atoms with Crippen LogP contribution >= 0.6 is 23.2 Å². The lowest BCUT2D eigenvalue weighted by molar-refractivity contribution is -0.0206. The molecular weight excluding hydrogens is 363 g/mol. The van der Waals surface area contributed by atoms with Crippen LogP contribution in [0.5, 0.6) is 11.5 Å². The highest BCUT2D eigenvalue weighted by molar-refractivity contribution is 6.44. The Balaban J connectivity index is 2.76. The van der Waals surface area contributed by atoms with Crippen molar-refractivity contribution in [1.29, 1.82) is 0 Å². The van der Waals surface area contributed by atoms with Gasteiger partial charge in [-0.25, -0.2) is 0 Å². The minimum absolute atomic E-state index is 0.0588. The van der Waals surface area contributed by atoms with Crippen molar-refractivity contribution in [2.75, 3.05) is 54.2 Å². The highest BCUT2D eigenvalue weighted by Crippen LogP contribution is 2.42. The van der Waals surface area contributed by atoms with Gasteiger partial charge in [0.25, 0.3) is 0 Å². The SMILES string of the molecule is COCCOCOc1cc(C=O)c(Cl)c(Cl)c1OCOCCOC. The average molecular weight is 383 g/mol. The number of ether oxygens (including phenoxy) is 6. The minimum atomic E-state index is -0.0826. The maximum atomic E-state index is 11.1. The molecule has 0 fully saturated rings. The number of methoxy groups -OCH3 is 2. The van der Waals surface area contributed by atoms with E-state index in [1.807, 2.05) is 0 Å². The summed E-state index contributed by atoms with van der Waals surface area (Å²) < 4.78 is 31.1. The van der Waals surface area contributed by atoms with Crippen molar-refractivity contribution in [2.24, 2.45) is 0 Å². The molecule has 0 heterocycles. The van der Waals surface area contributed by atoms with Gasteiger partial charge in [0.15, 0.2) is 31.4 Å². The molecule has 1 rings (SSSR count). The fourth-order valence-corrected chi connectivity index (χ4v) is 1.98. The third-order valence-electron chi connectivity index (χ3n) is 2.73. The summed E-state index contributed by atoms with van der Waals surface area (Å²) in [6, 6.07) is 1.42. The van der Waals surface area contributed by atoms with Crippen molar-refractivity contribution in [1.82, 2.24) is 0 Å². The molecule has 0 saturated carbocycles. The minimum Gasteiger partial charge on any atom is -0.464 e. The molecule has 0 N–H and O–H groups in total. The van der Waals surface area contributed by atoms with E-state index in [0.717, 1.165) is 0 Å². The quantitative estimate of drug-likeness (QED) is 0.295. The lowest BCUT2D eigenvalue weighted by Gasteiger charge is -2.16. The topological polar surface area (TPSA) is 72.5 Å². The maximum absolute atomic E-state index is 11.1. The summed E-state index contributed by atoms with van der Waals surface area (Å²) in [5.41, 5.74) is 0.182. The second kappa shape index (κ2) is 12.3. The number of hydrogen-bond donors (Lipinski definition) is 0. The molecule has 136 valence electrons. The molecule has 0 aliphatic rings. The van der Waals surface area contributed by atoms with Gasteiger partial charge in [-0.3, -0.25) is 4.79 Å². The molecule has 0 bridgehead atoms. The van der Waals surface area contributed by atoms with Crippen LogP contribution in [0.1, 0.15) is 10.4 Å². The molecule has 0 amide bonds. The van der Waals surface area contributed by atoms with Gasteiger partial charge in [-0.15, -0.1) is 0 Å². The van der Waals surface area contributed by atoms with Crippen molar-refractivity contribution < 1.29 is 33.2 Å². The predicted octanol–water partition coefficient (Wildman–Crippen LogP) is 2.80. The number of carbonyl (C=O) groups is 1. The van der Waals surface area contributed by atoms with Gasteiger partial charge in [0.2, 0.25) is 0 Å². The second-order valence-electron chi connectivity index (χ2n) is 4.37. The average Bonchev–Trinajstić information content (AvgIpc) is 2.59. The molecular formula is C15H20Cl2O7. The Morgan fingerprint density at radius 2 is 1.50 bits per heavy atom. The number of benzene rings is 1. The van der Waals surface area contributed by atoms with E-state index in [9.17, 15) is 4.79 Å². The van der Waals surface area contributed by atoms with Gasteiger partial charge in [0, 0.05) is 19.8 Å². The van der Waals surface area contributed by atoms with E-state index in [0.29, 0.717) is 32.7 Å². The van der Waals surface area contributed by atoms with E-state index in [1.54, 1.807) is 14.2 Å². The third-order valence-corrected chi connectivity index (χ3v) is 3.60. The van der Waals surface area contributed by atoms with Crippen LogP contribution in [0, 0.1) is 0 Å². The molecule has 24 heavy (non-hydrogen) atoms. The molecule has 0 aromatic heterocycles. The van der Waals surface area contributed by atoms with Crippen molar-refractivity contribution in [3.05, 3.63) is 21.7 Å². The largest absolute Gasteiger partial charge is 0.464 e. The molecule has 0 atom stereocenters. The lowest BCUT2D eigenvalue weighted by atomic mass is 10.2. The van der Waals surface area contributed by atoms with Crippen LogP contribution in [-0.4, -0.2) is 60.5 Å². The first kappa shape index (κ1) is 21.0. The van der Waals surface area contributed by atoms with Crippen molar-refractivity contribution in [3.8, 4) is 11.5 Å². The van der Waals surface area contributed by atoms with Gasteiger partial charge < -0.3 is 28.4 Å². The van der Waals surface area contributed by atoms with E-state index in [1.165, 1.54) is 6.07 Å². The smallest absolute Gasteiger partial charge is 0.189 e. The fraction of sp³-hybridized carbons (Fsp3) is 0.533. The van der Waals surface area contributed by atoms with Crippen LogP contribution in [-0.2, 0) is 18.9 Å². The first-order valence-corrected chi connectivity index (χ1v) is 7.77. The van der Waals surface area contributed by atoms with Crippen LogP contribution in [0.3, 0.4) is 0 Å². The summed E-state index contributed by atoms with van der Waals surface area (Å²) in [7, 11) is 3.13. The molecule has 1 aromatic rings. The fourth-order valence-electron chi connectivity index (χ4n) is 1.54. The van der Waals surface area contributed by atoms with E-state index in [2.05, 4.69) is 0 Å². The summed E-state index contributed by atoms with van der Waals surface area (Å²) in [5, 5.41) is 0.134. The van der Waals surface area contributed by atoms with Gasteiger partial charge in [0.1, 0.15) is 5.02 Å². The Morgan fingerprint density at radius 3 is 2.04 bits per heavy atom. The summed E-state index contributed by atoms with van der Waals surface area (Å²) in [6.07, 6.45) is 0.575. The zero-order valence-corrected chi connectivity index (χ0v) is 15.0. The molecule has 0 spiro atoms. The van der Waals surface area contributed by atoms with Gasteiger partial charge >= 0.3 is 0 Å². The second-order valence-corrected chi connectivity index (χ2v) is 5.12. The number of aldehydes is 1. The van der Waals surface area contributed by atoms with Crippen LogP contribution in [0.15, 0.2) is 6.07 Å². The Kier molecular flexibility index (Phi) is 10.7. The highest BCUT2D eigenvalue weighted by atomic mass is 35.5. The molecule has 1 aromatic carbocycles. The first-order chi connectivity index (χ1) is 11.7. The number of rotatable bonds is 13. The maximum Gasteiger partial charge on any atom is 0.189 e. The van der Waals surface area contributed by atoms with Crippen LogP contribution in [0.25, 0.3) is 0 Å². The van der Waals surface area contributed by atoms with Crippen LogP contribution in [0.4, 0.5) is 0 Å². The van der Waals surface area contributed by atoms with Crippen molar-refractivity contribution >= 4 is 29.5 Å².